The van der Waals surface area contributed by atoms with Crippen molar-refractivity contribution in [1.82, 2.24) is 9.78 Å². The van der Waals surface area contributed by atoms with Gasteiger partial charge in [0, 0.05) is 5.56 Å². The minimum atomic E-state index is 0.239. The quantitative estimate of drug-likeness (QED) is 0.541. The smallest absolute Gasteiger partial charge is 0.119 e. The van der Waals surface area contributed by atoms with Crippen LogP contribution in [-0.2, 0) is 9.47 Å². The van der Waals surface area contributed by atoms with Crippen molar-refractivity contribution < 1.29 is 18.9 Å². The first-order chi connectivity index (χ1) is 13.7. The van der Waals surface area contributed by atoms with Gasteiger partial charge in [-0.05, 0) is 48.5 Å². The molecule has 144 valence electrons. The number of hydrogen-bond acceptors (Lipinski definition) is 5. The van der Waals surface area contributed by atoms with Crippen molar-refractivity contribution in [2.45, 2.75) is 12.2 Å². The van der Waals surface area contributed by atoms with E-state index in [2.05, 4.69) is 5.10 Å². The molecule has 0 amide bonds. The Morgan fingerprint density at radius 1 is 0.893 bits per heavy atom. The van der Waals surface area contributed by atoms with Crippen molar-refractivity contribution in [3.8, 4) is 28.4 Å². The summed E-state index contributed by atoms with van der Waals surface area (Å²) in [6.45, 7) is 2.74. The van der Waals surface area contributed by atoms with Crippen LogP contribution in [0.4, 0.5) is 0 Å². The average molecular weight is 399 g/mol. The highest BCUT2D eigenvalue weighted by molar-refractivity contribution is 6.33. The van der Waals surface area contributed by atoms with Crippen LogP contribution < -0.4 is 9.47 Å². The van der Waals surface area contributed by atoms with Crippen molar-refractivity contribution in [3.63, 3.8) is 0 Å². The van der Waals surface area contributed by atoms with Gasteiger partial charge in [0.25, 0.3) is 0 Å². The van der Waals surface area contributed by atoms with Gasteiger partial charge in [-0.25, -0.2) is 4.68 Å². The van der Waals surface area contributed by atoms with Crippen LogP contribution in [0.3, 0.4) is 0 Å². The Kier molecular flexibility index (Phi) is 4.68. The van der Waals surface area contributed by atoms with Gasteiger partial charge in [0.05, 0.1) is 30.1 Å². The maximum Gasteiger partial charge on any atom is 0.119 e. The Morgan fingerprint density at radius 2 is 1.43 bits per heavy atom. The Morgan fingerprint density at radius 3 is 1.96 bits per heavy atom. The molecule has 0 saturated carbocycles. The second kappa shape index (κ2) is 7.47. The molecule has 2 atom stereocenters. The molecule has 6 nitrogen and oxygen atoms in total. The molecule has 7 heteroatoms. The van der Waals surface area contributed by atoms with E-state index in [0.29, 0.717) is 18.2 Å². The number of ether oxygens (including phenoxy) is 4. The van der Waals surface area contributed by atoms with Gasteiger partial charge in [-0.3, -0.25) is 0 Å². The van der Waals surface area contributed by atoms with Crippen LogP contribution in [0.1, 0.15) is 0 Å². The number of epoxide rings is 2. The molecule has 3 aromatic rings. The minimum absolute atomic E-state index is 0.239. The largest absolute Gasteiger partial charge is 0.491 e. The molecule has 0 N–H and O–H groups in total. The van der Waals surface area contributed by atoms with Crippen LogP contribution in [0.5, 0.6) is 11.5 Å². The van der Waals surface area contributed by atoms with Gasteiger partial charge in [0.15, 0.2) is 0 Å². The third kappa shape index (κ3) is 4.14. The number of halogens is 1. The van der Waals surface area contributed by atoms with Crippen molar-refractivity contribution in [1.29, 1.82) is 0 Å². The Hall–Kier alpha value is -2.54. The highest BCUT2D eigenvalue weighted by atomic mass is 35.5. The first-order valence-corrected chi connectivity index (χ1v) is 9.57. The number of hydrogen-bond donors (Lipinski definition) is 0. The molecular formula is C21H19ClN2O4. The highest BCUT2D eigenvalue weighted by Gasteiger charge is 2.23. The van der Waals surface area contributed by atoms with E-state index in [1.165, 1.54) is 0 Å². The normalized spacial score (nSPS) is 20.0. The Bertz CT molecular complexity index is 948. The summed E-state index contributed by atoms with van der Waals surface area (Å²) >= 11 is 6.43. The topological polar surface area (TPSA) is 61.3 Å². The molecule has 2 aliphatic rings. The van der Waals surface area contributed by atoms with Crippen LogP contribution in [0, 0.1) is 0 Å². The monoisotopic (exact) mass is 398 g/mol. The van der Waals surface area contributed by atoms with Crippen molar-refractivity contribution in [2.24, 2.45) is 0 Å². The molecule has 0 bridgehead atoms. The van der Waals surface area contributed by atoms with Gasteiger partial charge >= 0.3 is 0 Å². The zero-order chi connectivity index (χ0) is 18.9. The second-order valence-corrected chi connectivity index (χ2v) is 7.23. The zero-order valence-electron chi connectivity index (χ0n) is 15.1. The number of aromatic nitrogens is 2. The predicted molar refractivity (Wildman–Crippen MR) is 104 cm³/mol. The summed E-state index contributed by atoms with van der Waals surface area (Å²) in [6.07, 6.45) is 2.29. The lowest BCUT2D eigenvalue weighted by Gasteiger charge is -2.06. The molecule has 28 heavy (non-hydrogen) atoms. The standard InChI is InChI=1S/C21H19ClN2O4/c22-20-9-24(15-3-7-17(8-4-15)26-11-19-13-28-19)23-21(20)14-1-5-16(6-2-14)25-10-18-12-27-18/h1-9,18-19H,10-13H2. The summed E-state index contributed by atoms with van der Waals surface area (Å²) in [5.74, 6) is 1.62. The minimum Gasteiger partial charge on any atom is -0.491 e. The summed E-state index contributed by atoms with van der Waals surface area (Å²) in [5, 5.41) is 5.23. The number of nitrogens with zero attached hydrogens (tertiary/aromatic N) is 2. The molecule has 2 aliphatic heterocycles. The van der Waals surface area contributed by atoms with Crippen molar-refractivity contribution >= 4 is 11.6 Å². The second-order valence-electron chi connectivity index (χ2n) is 6.82. The Balaban J connectivity index is 1.28. The Labute approximate surface area is 167 Å². The van der Waals surface area contributed by atoms with Crippen LogP contribution in [0.15, 0.2) is 54.7 Å². The summed E-state index contributed by atoms with van der Waals surface area (Å²) in [5.41, 5.74) is 2.57. The first-order valence-electron chi connectivity index (χ1n) is 9.19. The average Bonchev–Trinajstić information content (AvgIpc) is 3.65. The van der Waals surface area contributed by atoms with E-state index < -0.39 is 0 Å². The third-order valence-corrected chi connectivity index (χ3v) is 4.85. The molecule has 2 unspecified atom stereocenters. The summed E-state index contributed by atoms with van der Waals surface area (Å²) < 4.78 is 23.4. The van der Waals surface area contributed by atoms with Crippen LogP contribution in [-0.4, -0.2) is 48.4 Å². The fourth-order valence-electron chi connectivity index (χ4n) is 2.79. The maximum atomic E-state index is 6.43. The maximum absolute atomic E-state index is 6.43. The van der Waals surface area contributed by atoms with Gasteiger partial charge in [0.1, 0.15) is 42.6 Å². The summed E-state index contributed by atoms with van der Waals surface area (Å²) in [4.78, 5) is 0. The molecule has 5 rings (SSSR count). The summed E-state index contributed by atoms with van der Waals surface area (Å²) in [6, 6.07) is 15.5. The first kappa shape index (κ1) is 17.6. The molecule has 2 aromatic carbocycles. The van der Waals surface area contributed by atoms with E-state index in [-0.39, 0.29) is 12.2 Å². The SMILES string of the molecule is Clc1cn(-c2ccc(OCC3CO3)cc2)nc1-c1ccc(OCC2CO2)cc1. The van der Waals surface area contributed by atoms with Gasteiger partial charge in [-0.15, -0.1) is 0 Å². The molecule has 1 aromatic heterocycles. The van der Waals surface area contributed by atoms with Gasteiger partial charge in [-0.1, -0.05) is 11.6 Å². The lowest BCUT2D eigenvalue weighted by atomic mass is 10.1. The predicted octanol–water partition coefficient (Wildman–Crippen LogP) is 3.75. The fraction of sp³-hybridized carbons (Fsp3) is 0.286. The van der Waals surface area contributed by atoms with Gasteiger partial charge in [0.2, 0.25) is 0 Å². The molecule has 0 radical (unpaired) electrons. The van der Waals surface area contributed by atoms with Crippen LogP contribution in [0.25, 0.3) is 16.9 Å². The molecular weight excluding hydrogens is 380 g/mol. The van der Waals surface area contributed by atoms with E-state index in [1.54, 1.807) is 10.9 Å². The van der Waals surface area contributed by atoms with E-state index in [4.69, 9.17) is 30.5 Å². The summed E-state index contributed by atoms with van der Waals surface area (Å²) in [7, 11) is 0. The van der Waals surface area contributed by atoms with Crippen LogP contribution >= 0.6 is 11.6 Å². The van der Waals surface area contributed by atoms with Gasteiger partial charge in [-0.2, -0.15) is 5.10 Å². The molecule has 3 heterocycles. The highest BCUT2D eigenvalue weighted by Crippen LogP contribution is 2.29. The van der Waals surface area contributed by atoms with E-state index >= 15 is 0 Å². The lowest BCUT2D eigenvalue weighted by Crippen LogP contribution is -2.04. The van der Waals surface area contributed by atoms with Crippen LogP contribution in [0.2, 0.25) is 5.02 Å². The lowest BCUT2D eigenvalue weighted by molar-refractivity contribution is 0.263. The van der Waals surface area contributed by atoms with E-state index in [1.807, 2.05) is 48.5 Å². The third-order valence-electron chi connectivity index (χ3n) is 4.58. The zero-order valence-corrected chi connectivity index (χ0v) is 15.8. The molecule has 2 fully saturated rings. The number of rotatable bonds is 8. The van der Waals surface area contributed by atoms with E-state index in [9.17, 15) is 0 Å². The van der Waals surface area contributed by atoms with E-state index in [0.717, 1.165) is 41.7 Å². The fourth-order valence-corrected chi connectivity index (χ4v) is 3.03. The van der Waals surface area contributed by atoms with Crippen molar-refractivity contribution in [3.05, 3.63) is 59.8 Å². The van der Waals surface area contributed by atoms with Gasteiger partial charge < -0.3 is 18.9 Å². The molecule has 0 spiro atoms. The molecule has 2 saturated heterocycles. The number of benzene rings is 2. The molecule has 0 aliphatic carbocycles. The van der Waals surface area contributed by atoms with Crippen molar-refractivity contribution in [2.75, 3.05) is 26.4 Å².